The van der Waals surface area contributed by atoms with Crippen LogP contribution in [0.25, 0.3) is 28.3 Å². The minimum Gasteiger partial charge on any atom is -0.457 e. The van der Waals surface area contributed by atoms with Gasteiger partial charge in [0.15, 0.2) is 0 Å². The summed E-state index contributed by atoms with van der Waals surface area (Å²) in [5, 5.41) is 0. The molecule has 1 aliphatic carbocycles. The Bertz CT molecular complexity index is 2310. The van der Waals surface area contributed by atoms with Gasteiger partial charge in [0.05, 0.1) is 17.1 Å². The lowest BCUT2D eigenvalue weighted by atomic mass is 9.57. The predicted molar refractivity (Wildman–Crippen MR) is 216 cm³/mol. The van der Waals surface area contributed by atoms with Gasteiger partial charge >= 0.3 is 6.98 Å². The fourth-order valence-corrected chi connectivity index (χ4v) is 8.94. The smallest absolute Gasteiger partial charge is 0.417 e. The number of benzene rings is 4. The van der Waals surface area contributed by atoms with Gasteiger partial charge in [-0.3, -0.25) is 0 Å². The second kappa shape index (κ2) is 12.0. The van der Waals surface area contributed by atoms with Gasteiger partial charge in [0.1, 0.15) is 23.7 Å². The van der Waals surface area contributed by atoms with Crippen LogP contribution in [0.3, 0.4) is 0 Å². The third-order valence-corrected chi connectivity index (χ3v) is 12.3. The standard InChI is InChI=1S/C45H50BN5O/c1-27(2)33-16-13-17-34(28(3)4)39(33)46-49(11)38-21-19-32(25-36(38)43-47-22-23-51(43)46)52-31-18-20-37-35(24-31)40-42(45(9,10)44(37,7)8)50(26-48-40)41-29(5)14-12-15-30(41)6/h12-28H,1-11H3. The van der Waals surface area contributed by atoms with Crippen LogP contribution in [0.5, 0.6) is 11.5 Å². The summed E-state index contributed by atoms with van der Waals surface area (Å²) in [4.78, 5) is 12.4. The molecule has 0 saturated heterocycles. The summed E-state index contributed by atoms with van der Waals surface area (Å²) in [6.45, 7) is 23.0. The van der Waals surface area contributed by atoms with Crippen molar-refractivity contribution in [2.75, 3.05) is 11.9 Å². The van der Waals surface area contributed by atoms with Crippen LogP contribution < -0.4 is 15.0 Å². The third-order valence-electron chi connectivity index (χ3n) is 12.3. The predicted octanol–water partition coefficient (Wildman–Crippen LogP) is 10.3. The number of aromatic nitrogens is 4. The van der Waals surface area contributed by atoms with Crippen molar-refractivity contribution in [3.63, 3.8) is 0 Å². The van der Waals surface area contributed by atoms with Crippen LogP contribution in [-0.2, 0) is 10.8 Å². The van der Waals surface area contributed by atoms with Crippen molar-refractivity contribution in [3.05, 3.63) is 125 Å². The molecule has 1 aliphatic heterocycles. The number of hydrogen-bond acceptors (Lipinski definition) is 4. The first kappa shape index (κ1) is 34.1. The van der Waals surface area contributed by atoms with E-state index in [9.17, 15) is 0 Å². The zero-order valence-electron chi connectivity index (χ0n) is 32.5. The number of nitrogens with zero attached hydrogens (tertiary/aromatic N) is 5. The lowest BCUT2D eigenvalue weighted by Crippen LogP contribution is -2.56. The molecule has 0 bridgehead atoms. The van der Waals surface area contributed by atoms with Gasteiger partial charge in [0.25, 0.3) is 0 Å². The second-order valence-corrected chi connectivity index (χ2v) is 16.6. The molecule has 0 radical (unpaired) electrons. The van der Waals surface area contributed by atoms with Crippen molar-refractivity contribution >= 4 is 18.1 Å². The molecule has 4 aromatic carbocycles. The molecule has 3 heterocycles. The molecule has 6 nitrogen and oxygen atoms in total. The maximum Gasteiger partial charge on any atom is 0.417 e. The number of hydrogen-bond donors (Lipinski definition) is 0. The largest absolute Gasteiger partial charge is 0.457 e. The van der Waals surface area contributed by atoms with E-state index in [0.717, 1.165) is 39.8 Å². The van der Waals surface area contributed by atoms with Crippen LogP contribution in [-0.4, -0.2) is 33.0 Å². The second-order valence-electron chi connectivity index (χ2n) is 16.6. The number of aryl methyl sites for hydroxylation is 2. The topological polar surface area (TPSA) is 48.1 Å². The molecule has 2 aliphatic rings. The van der Waals surface area contributed by atoms with Crippen LogP contribution in [0, 0.1) is 13.8 Å². The summed E-state index contributed by atoms with van der Waals surface area (Å²) < 4.78 is 11.4. The van der Waals surface area contributed by atoms with Crippen LogP contribution in [0.15, 0.2) is 91.5 Å². The zero-order valence-corrected chi connectivity index (χ0v) is 32.5. The molecule has 8 rings (SSSR count). The Kier molecular flexibility index (Phi) is 7.87. The molecule has 0 saturated carbocycles. The Hall–Kier alpha value is -5.04. The molecule has 0 N–H and O–H groups in total. The minimum atomic E-state index is -0.182. The molecule has 0 unspecified atom stereocenters. The van der Waals surface area contributed by atoms with E-state index < -0.39 is 0 Å². The molecular weight excluding hydrogens is 637 g/mol. The van der Waals surface area contributed by atoms with Crippen LogP contribution in [0.1, 0.15) is 101 Å². The van der Waals surface area contributed by atoms with E-state index in [4.69, 9.17) is 14.7 Å². The molecule has 2 aromatic heterocycles. The first-order chi connectivity index (χ1) is 24.7. The quantitative estimate of drug-likeness (QED) is 0.164. The average molecular weight is 688 g/mol. The van der Waals surface area contributed by atoms with E-state index >= 15 is 0 Å². The van der Waals surface area contributed by atoms with Gasteiger partial charge in [0, 0.05) is 40.0 Å². The molecule has 0 amide bonds. The first-order valence-electron chi connectivity index (χ1n) is 18.7. The van der Waals surface area contributed by atoms with Crippen LogP contribution in [0.2, 0.25) is 0 Å². The van der Waals surface area contributed by atoms with Crippen molar-refractivity contribution in [1.29, 1.82) is 0 Å². The van der Waals surface area contributed by atoms with Gasteiger partial charge in [-0.05, 0) is 96.3 Å². The number of ether oxygens (including phenoxy) is 1. The van der Waals surface area contributed by atoms with Crippen LogP contribution >= 0.6 is 0 Å². The van der Waals surface area contributed by atoms with E-state index in [-0.39, 0.29) is 17.8 Å². The van der Waals surface area contributed by atoms with Crippen molar-refractivity contribution < 1.29 is 4.74 Å². The molecule has 0 spiro atoms. The maximum absolute atomic E-state index is 6.72. The Morgan fingerprint density at radius 1 is 0.731 bits per heavy atom. The van der Waals surface area contributed by atoms with E-state index in [0.29, 0.717) is 11.8 Å². The SMILES string of the molecule is Cc1cccc(C)c1-n1cnc2c1C(C)(C)C(C)(C)c1ccc(Oc3ccc4c(c3)-c3nccn3B(c3c(C(C)C)cccc3C(C)C)N4C)cc1-2. The number of rotatable bonds is 6. The fraction of sp³-hybridized carbons (Fsp3) is 0.333. The summed E-state index contributed by atoms with van der Waals surface area (Å²) in [5.74, 6) is 3.32. The van der Waals surface area contributed by atoms with Gasteiger partial charge in [-0.1, -0.05) is 97.9 Å². The molecule has 6 aromatic rings. The van der Waals surface area contributed by atoms with Gasteiger partial charge in [0.2, 0.25) is 0 Å². The highest BCUT2D eigenvalue weighted by molar-refractivity contribution is 6.77. The summed E-state index contributed by atoms with van der Waals surface area (Å²) >= 11 is 0. The van der Waals surface area contributed by atoms with Crippen molar-refractivity contribution in [1.82, 2.24) is 19.0 Å². The Morgan fingerprint density at radius 3 is 2.00 bits per heavy atom. The van der Waals surface area contributed by atoms with Gasteiger partial charge in [-0.25, -0.2) is 9.97 Å². The Morgan fingerprint density at radius 2 is 1.35 bits per heavy atom. The summed E-state index contributed by atoms with van der Waals surface area (Å²) in [7, 11) is 2.20. The van der Waals surface area contributed by atoms with Gasteiger partial charge in [-0.15, -0.1) is 0 Å². The summed E-state index contributed by atoms with van der Waals surface area (Å²) in [5.41, 5.74) is 14.4. The van der Waals surface area contributed by atoms with Crippen molar-refractivity contribution in [3.8, 4) is 39.8 Å². The van der Waals surface area contributed by atoms with E-state index in [2.05, 4.69) is 169 Å². The Labute approximate surface area is 309 Å². The highest BCUT2D eigenvalue weighted by atomic mass is 16.5. The highest BCUT2D eigenvalue weighted by Crippen LogP contribution is 2.55. The van der Waals surface area contributed by atoms with E-state index in [1.54, 1.807) is 0 Å². The molecular formula is C45H50BN5O. The highest BCUT2D eigenvalue weighted by Gasteiger charge is 2.49. The summed E-state index contributed by atoms with van der Waals surface area (Å²) in [6, 6.07) is 26.3. The monoisotopic (exact) mass is 687 g/mol. The molecule has 264 valence electrons. The van der Waals surface area contributed by atoms with Gasteiger partial charge < -0.3 is 18.6 Å². The lowest BCUT2D eigenvalue weighted by Gasteiger charge is -2.47. The van der Waals surface area contributed by atoms with Crippen molar-refractivity contribution in [2.24, 2.45) is 0 Å². The maximum atomic E-state index is 6.72. The zero-order chi connectivity index (χ0) is 36.9. The van der Waals surface area contributed by atoms with E-state index in [1.807, 2.05) is 12.5 Å². The molecule has 0 atom stereocenters. The number of imidazole rings is 2. The number of fused-ring (bicyclic) bond motifs is 6. The molecule has 52 heavy (non-hydrogen) atoms. The Balaban J connectivity index is 1.19. The van der Waals surface area contributed by atoms with E-state index in [1.165, 1.54) is 44.7 Å². The molecule has 0 fully saturated rings. The normalized spacial score (nSPS) is 15.4. The van der Waals surface area contributed by atoms with Crippen LogP contribution in [0.4, 0.5) is 5.69 Å². The van der Waals surface area contributed by atoms with Gasteiger partial charge in [-0.2, -0.15) is 0 Å². The minimum absolute atomic E-state index is 0.00140. The lowest BCUT2D eigenvalue weighted by molar-refractivity contribution is 0.287. The molecule has 7 heteroatoms. The third kappa shape index (κ3) is 4.92. The number of para-hydroxylation sites is 1. The first-order valence-corrected chi connectivity index (χ1v) is 18.7. The fourth-order valence-electron chi connectivity index (χ4n) is 8.94. The average Bonchev–Trinajstić information content (AvgIpc) is 3.76. The number of anilines is 1. The summed E-state index contributed by atoms with van der Waals surface area (Å²) in [6.07, 6.45) is 6.06. The van der Waals surface area contributed by atoms with Crippen molar-refractivity contribution in [2.45, 2.75) is 91.9 Å².